The molecule has 7 nitrogen and oxygen atoms in total. The average molecular weight is 363 g/mol. The van der Waals surface area contributed by atoms with Crippen molar-refractivity contribution in [3.8, 4) is 0 Å². The number of piperazine rings is 1. The number of aliphatic imine (C=N–C) groups is 1. The highest BCUT2D eigenvalue weighted by molar-refractivity contribution is 8.03. The van der Waals surface area contributed by atoms with E-state index in [-0.39, 0.29) is 0 Å². The third-order valence-electron chi connectivity index (χ3n) is 3.81. The van der Waals surface area contributed by atoms with Crippen LogP contribution in [0.15, 0.2) is 27.2 Å². The van der Waals surface area contributed by atoms with Gasteiger partial charge in [-0.15, -0.1) is 0 Å². The van der Waals surface area contributed by atoms with Crippen molar-refractivity contribution in [2.75, 3.05) is 50.8 Å². The number of aromatic nitrogens is 2. The molecule has 1 aromatic rings. The van der Waals surface area contributed by atoms with E-state index in [4.69, 9.17) is 4.74 Å². The van der Waals surface area contributed by atoms with Gasteiger partial charge in [0, 0.05) is 51.6 Å². The van der Waals surface area contributed by atoms with E-state index in [0.717, 1.165) is 63.1 Å². The molecule has 0 aliphatic carbocycles. The smallest absolute Gasteiger partial charge is 0.158 e. The van der Waals surface area contributed by atoms with Gasteiger partial charge in [-0.05, 0) is 20.6 Å². The molecule has 1 saturated heterocycles. The van der Waals surface area contributed by atoms with E-state index in [1.165, 1.54) is 18.0 Å². The maximum Gasteiger partial charge on any atom is 0.158 e. The molecule has 25 heavy (non-hydrogen) atoms. The van der Waals surface area contributed by atoms with Gasteiger partial charge < -0.3 is 9.64 Å². The van der Waals surface area contributed by atoms with Crippen molar-refractivity contribution in [3.05, 3.63) is 23.0 Å². The van der Waals surface area contributed by atoms with Crippen LogP contribution in [0.5, 0.6) is 0 Å². The first-order chi connectivity index (χ1) is 12.2. The number of carbonyl (C=O) groups is 1. The molecule has 1 aliphatic rings. The Kier molecular flexibility index (Phi) is 8.03. The highest BCUT2D eigenvalue weighted by Gasteiger charge is 2.19. The monoisotopic (exact) mass is 363 g/mol. The van der Waals surface area contributed by atoms with Gasteiger partial charge in [-0.1, -0.05) is 11.8 Å². The molecule has 136 valence electrons. The van der Waals surface area contributed by atoms with Crippen LogP contribution in [-0.2, 0) is 9.53 Å². The summed E-state index contributed by atoms with van der Waals surface area (Å²) >= 11 is 1.27. The summed E-state index contributed by atoms with van der Waals surface area (Å²) in [4.78, 5) is 28.8. The van der Waals surface area contributed by atoms with Crippen molar-refractivity contribution in [1.29, 1.82) is 0 Å². The van der Waals surface area contributed by atoms with Crippen LogP contribution in [0, 0.1) is 6.92 Å². The summed E-state index contributed by atoms with van der Waals surface area (Å²) in [5, 5.41) is 0.739. The number of hydrogen-bond acceptors (Lipinski definition) is 8. The van der Waals surface area contributed by atoms with Crippen molar-refractivity contribution in [2.24, 2.45) is 4.99 Å². The number of anilines is 1. The van der Waals surface area contributed by atoms with E-state index in [0.29, 0.717) is 10.7 Å². The molecule has 2 rings (SSSR count). The van der Waals surface area contributed by atoms with E-state index in [9.17, 15) is 4.79 Å². The van der Waals surface area contributed by atoms with Crippen molar-refractivity contribution in [3.63, 3.8) is 0 Å². The molecular weight excluding hydrogens is 338 g/mol. The predicted octanol–water partition coefficient (Wildman–Crippen LogP) is 1.78. The van der Waals surface area contributed by atoms with Crippen LogP contribution < -0.4 is 4.90 Å². The minimum Gasteiger partial charge on any atom is -0.380 e. The van der Waals surface area contributed by atoms with Crippen molar-refractivity contribution < 1.29 is 9.53 Å². The van der Waals surface area contributed by atoms with E-state index in [2.05, 4.69) is 31.5 Å². The second-order valence-corrected chi connectivity index (χ2v) is 6.66. The summed E-state index contributed by atoms with van der Waals surface area (Å²) in [5.74, 6) is 1.59. The normalized spacial score (nSPS) is 16.1. The number of thioether (sulfide) groups is 1. The number of aryl methyl sites for hydroxylation is 1. The third-order valence-corrected chi connectivity index (χ3v) is 4.67. The van der Waals surface area contributed by atoms with Gasteiger partial charge in [-0.3, -0.25) is 14.7 Å². The number of hydrogen-bond donors (Lipinski definition) is 0. The molecule has 0 N–H and O–H groups in total. The van der Waals surface area contributed by atoms with Gasteiger partial charge in [-0.25, -0.2) is 9.97 Å². The summed E-state index contributed by atoms with van der Waals surface area (Å²) in [5.41, 5.74) is 0. The SMILES string of the molecule is C=N/C=C(/C=O)Sc1cc(N2CCN(CCOCC)CC2)nc(C)n1. The highest BCUT2D eigenvalue weighted by Crippen LogP contribution is 2.26. The summed E-state index contributed by atoms with van der Waals surface area (Å²) in [6.45, 7) is 13.6. The standard InChI is InChI=1S/C17H25N5O2S/c1-4-24-10-9-21-5-7-22(8-6-21)16-11-17(20-14(2)19-16)25-15(13-23)12-18-3/h11-13H,3-10H2,1-2H3/b15-12-. The lowest BCUT2D eigenvalue weighted by Gasteiger charge is -2.35. The molecule has 1 aromatic heterocycles. The van der Waals surface area contributed by atoms with Crippen LogP contribution in [0.1, 0.15) is 12.7 Å². The first-order valence-electron chi connectivity index (χ1n) is 8.36. The fourth-order valence-corrected chi connectivity index (χ4v) is 3.33. The number of carbonyl (C=O) groups excluding carboxylic acids is 1. The molecular formula is C17H25N5O2S. The zero-order chi connectivity index (χ0) is 18.1. The molecule has 1 aliphatic heterocycles. The molecule has 1 fully saturated rings. The molecule has 0 aromatic carbocycles. The van der Waals surface area contributed by atoms with Crippen LogP contribution >= 0.6 is 11.8 Å². The van der Waals surface area contributed by atoms with Crippen LogP contribution in [-0.4, -0.2) is 73.8 Å². The lowest BCUT2D eigenvalue weighted by Crippen LogP contribution is -2.47. The Hall–Kier alpha value is -1.77. The van der Waals surface area contributed by atoms with Crippen LogP contribution in [0.25, 0.3) is 0 Å². The fourth-order valence-electron chi connectivity index (χ4n) is 2.57. The summed E-state index contributed by atoms with van der Waals surface area (Å²) in [7, 11) is 0. The van der Waals surface area contributed by atoms with E-state index in [1.807, 2.05) is 19.9 Å². The molecule has 0 saturated carbocycles. The van der Waals surface area contributed by atoms with E-state index < -0.39 is 0 Å². The second kappa shape index (κ2) is 10.3. The Morgan fingerprint density at radius 1 is 1.40 bits per heavy atom. The zero-order valence-corrected chi connectivity index (χ0v) is 15.7. The first kappa shape index (κ1) is 19.6. The maximum atomic E-state index is 11.1. The molecule has 0 atom stereocenters. The van der Waals surface area contributed by atoms with Gasteiger partial charge in [-0.2, -0.15) is 0 Å². The van der Waals surface area contributed by atoms with Gasteiger partial charge >= 0.3 is 0 Å². The van der Waals surface area contributed by atoms with Crippen molar-refractivity contribution in [1.82, 2.24) is 14.9 Å². The largest absolute Gasteiger partial charge is 0.380 e. The van der Waals surface area contributed by atoms with Crippen LogP contribution in [0.4, 0.5) is 5.82 Å². The van der Waals surface area contributed by atoms with Gasteiger partial charge in [0.2, 0.25) is 0 Å². The van der Waals surface area contributed by atoms with Crippen molar-refractivity contribution in [2.45, 2.75) is 18.9 Å². The zero-order valence-electron chi connectivity index (χ0n) is 14.8. The van der Waals surface area contributed by atoms with Crippen molar-refractivity contribution >= 4 is 30.6 Å². The van der Waals surface area contributed by atoms with Crippen LogP contribution in [0.3, 0.4) is 0 Å². The topological polar surface area (TPSA) is 70.9 Å². The first-order valence-corrected chi connectivity index (χ1v) is 9.17. The number of nitrogens with zero attached hydrogens (tertiary/aromatic N) is 5. The van der Waals surface area contributed by atoms with Gasteiger partial charge in [0.05, 0.1) is 11.5 Å². The number of ether oxygens (including phenoxy) is 1. The lowest BCUT2D eigenvalue weighted by atomic mass is 10.3. The second-order valence-electron chi connectivity index (χ2n) is 5.57. The Morgan fingerprint density at radius 3 is 2.80 bits per heavy atom. The number of allylic oxidation sites excluding steroid dienone is 1. The molecule has 0 spiro atoms. The fraction of sp³-hybridized carbons (Fsp3) is 0.529. The lowest BCUT2D eigenvalue weighted by molar-refractivity contribution is -0.104. The molecule has 0 amide bonds. The van der Waals surface area contributed by atoms with E-state index in [1.54, 1.807) is 0 Å². The summed E-state index contributed by atoms with van der Waals surface area (Å²) in [6.07, 6.45) is 2.19. The summed E-state index contributed by atoms with van der Waals surface area (Å²) < 4.78 is 5.42. The number of aldehydes is 1. The highest BCUT2D eigenvalue weighted by atomic mass is 32.2. The Labute approximate surface area is 153 Å². The average Bonchev–Trinajstić information content (AvgIpc) is 2.61. The maximum absolute atomic E-state index is 11.1. The Morgan fingerprint density at radius 2 is 2.16 bits per heavy atom. The molecule has 2 heterocycles. The minimum absolute atomic E-state index is 0.472. The Bertz CT molecular complexity index is 615. The van der Waals surface area contributed by atoms with Gasteiger partial charge in [0.25, 0.3) is 0 Å². The Balaban J connectivity index is 1.99. The predicted molar refractivity (Wildman–Crippen MR) is 101 cm³/mol. The quantitative estimate of drug-likeness (QED) is 0.165. The third kappa shape index (κ3) is 6.22. The summed E-state index contributed by atoms with van der Waals surface area (Å²) in [6, 6.07) is 1.92. The van der Waals surface area contributed by atoms with E-state index >= 15 is 0 Å². The minimum atomic E-state index is 0.472. The van der Waals surface area contributed by atoms with Gasteiger partial charge in [0.1, 0.15) is 16.7 Å². The molecule has 0 unspecified atom stereocenters. The van der Waals surface area contributed by atoms with Crippen LogP contribution in [0.2, 0.25) is 0 Å². The number of rotatable bonds is 9. The van der Waals surface area contributed by atoms with Gasteiger partial charge in [0.15, 0.2) is 6.29 Å². The molecule has 8 heteroatoms. The molecule has 0 bridgehead atoms. The molecule has 0 radical (unpaired) electrons.